The number of sulfone groups is 1. The van der Waals surface area contributed by atoms with Gasteiger partial charge in [0.2, 0.25) is 11.8 Å². The average molecular weight is 380 g/mol. The first kappa shape index (κ1) is 18.7. The number of nitrogens with zero attached hydrogens (tertiary/aromatic N) is 2. The molecule has 3 rings (SSSR count). The monoisotopic (exact) mass is 380 g/mol. The second-order valence-corrected chi connectivity index (χ2v) is 9.07. The summed E-state index contributed by atoms with van der Waals surface area (Å²) in [5.41, 5.74) is 0.736. The SMILES string of the molecule is CCOc1ccc(N2CC(C(=O)N(C)C3CCS(=O)(=O)C3)CC2=O)cc1. The lowest BCUT2D eigenvalue weighted by Crippen LogP contribution is -2.42. The highest BCUT2D eigenvalue weighted by Crippen LogP contribution is 2.29. The first-order chi connectivity index (χ1) is 12.3. The third kappa shape index (κ3) is 3.85. The van der Waals surface area contributed by atoms with Gasteiger partial charge in [0, 0.05) is 31.7 Å². The molecule has 0 radical (unpaired) electrons. The molecule has 2 fully saturated rings. The largest absolute Gasteiger partial charge is 0.494 e. The lowest BCUT2D eigenvalue weighted by Gasteiger charge is -2.26. The van der Waals surface area contributed by atoms with Gasteiger partial charge in [0.05, 0.1) is 24.0 Å². The Morgan fingerprint density at radius 3 is 2.58 bits per heavy atom. The Morgan fingerprint density at radius 1 is 1.31 bits per heavy atom. The van der Waals surface area contributed by atoms with E-state index >= 15 is 0 Å². The smallest absolute Gasteiger partial charge is 0.228 e. The van der Waals surface area contributed by atoms with Crippen molar-refractivity contribution in [2.75, 3.05) is 36.6 Å². The molecule has 1 aromatic carbocycles. The summed E-state index contributed by atoms with van der Waals surface area (Å²) in [7, 11) is -1.42. The van der Waals surface area contributed by atoms with E-state index in [0.717, 1.165) is 11.4 Å². The van der Waals surface area contributed by atoms with Crippen LogP contribution in [0.3, 0.4) is 0 Å². The van der Waals surface area contributed by atoms with Crippen molar-refractivity contribution in [2.24, 2.45) is 5.92 Å². The van der Waals surface area contributed by atoms with E-state index in [9.17, 15) is 18.0 Å². The fourth-order valence-electron chi connectivity index (χ4n) is 3.56. The highest BCUT2D eigenvalue weighted by atomic mass is 32.2. The lowest BCUT2D eigenvalue weighted by atomic mass is 10.1. The molecule has 2 heterocycles. The summed E-state index contributed by atoms with van der Waals surface area (Å²) in [4.78, 5) is 28.2. The number of benzene rings is 1. The van der Waals surface area contributed by atoms with Gasteiger partial charge in [-0.3, -0.25) is 9.59 Å². The van der Waals surface area contributed by atoms with Crippen LogP contribution in [0.5, 0.6) is 5.75 Å². The van der Waals surface area contributed by atoms with Gasteiger partial charge in [-0.15, -0.1) is 0 Å². The molecule has 2 amide bonds. The first-order valence-corrected chi connectivity index (χ1v) is 10.6. The average Bonchev–Trinajstić information content (AvgIpc) is 3.17. The van der Waals surface area contributed by atoms with Crippen molar-refractivity contribution in [1.82, 2.24) is 4.90 Å². The summed E-state index contributed by atoms with van der Waals surface area (Å²) in [5, 5.41) is 0. The molecular formula is C18H24N2O5S. The van der Waals surface area contributed by atoms with Crippen LogP contribution in [0.1, 0.15) is 19.8 Å². The molecule has 0 spiro atoms. The second-order valence-electron chi connectivity index (χ2n) is 6.84. The van der Waals surface area contributed by atoms with E-state index in [0.29, 0.717) is 19.6 Å². The number of carbonyl (C=O) groups excluding carboxylic acids is 2. The maximum Gasteiger partial charge on any atom is 0.228 e. The molecule has 8 heteroatoms. The Balaban J connectivity index is 1.66. The van der Waals surface area contributed by atoms with Gasteiger partial charge >= 0.3 is 0 Å². The standard InChI is InChI=1S/C18H24N2O5S/c1-3-25-16-6-4-14(5-7-16)20-11-13(10-17(20)21)18(22)19(2)15-8-9-26(23,24)12-15/h4-7,13,15H,3,8-12H2,1-2H3. The topological polar surface area (TPSA) is 84.0 Å². The highest BCUT2D eigenvalue weighted by molar-refractivity contribution is 7.91. The Labute approximate surface area is 153 Å². The van der Waals surface area contributed by atoms with Gasteiger partial charge in [-0.2, -0.15) is 0 Å². The van der Waals surface area contributed by atoms with Crippen molar-refractivity contribution >= 4 is 27.3 Å². The predicted molar refractivity (Wildman–Crippen MR) is 97.9 cm³/mol. The van der Waals surface area contributed by atoms with E-state index in [-0.39, 0.29) is 35.8 Å². The summed E-state index contributed by atoms with van der Waals surface area (Å²) in [5.74, 6) is 0.171. The minimum absolute atomic E-state index is 0.0124. The number of anilines is 1. The highest BCUT2D eigenvalue weighted by Gasteiger charge is 2.40. The van der Waals surface area contributed by atoms with E-state index in [1.165, 1.54) is 4.90 Å². The van der Waals surface area contributed by atoms with Gasteiger partial charge < -0.3 is 14.5 Å². The van der Waals surface area contributed by atoms with Crippen molar-refractivity contribution in [3.8, 4) is 5.75 Å². The van der Waals surface area contributed by atoms with E-state index < -0.39 is 15.8 Å². The molecule has 0 aliphatic carbocycles. The molecule has 142 valence electrons. The minimum Gasteiger partial charge on any atom is -0.494 e. The van der Waals surface area contributed by atoms with Crippen molar-refractivity contribution in [3.05, 3.63) is 24.3 Å². The molecule has 2 atom stereocenters. The molecule has 2 aliphatic heterocycles. The number of rotatable bonds is 5. The number of amides is 2. The van der Waals surface area contributed by atoms with Gasteiger partial charge in [0.25, 0.3) is 0 Å². The van der Waals surface area contributed by atoms with Crippen molar-refractivity contribution in [2.45, 2.75) is 25.8 Å². The van der Waals surface area contributed by atoms with Crippen LogP contribution in [0.4, 0.5) is 5.69 Å². The quantitative estimate of drug-likeness (QED) is 0.763. The van der Waals surface area contributed by atoms with E-state index in [1.54, 1.807) is 24.1 Å². The Hall–Kier alpha value is -2.09. The van der Waals surface area contributed by atoms with Crippen LogP contribution in [0.25, 0.3) is 0 Å². The van der Waals surface area contributed by atoms with Crippen LogP contribution in [0.15, 0.2) is 24.3 Å². The Morgan fingerprint density at radius 2 is 2.00 bits per heavy atom. The molecular weight excluding hydrogens is 356 g/mol. The fraction of sp³-hybridized carbons (Fsp3) is 0.556. The molecule has 0 bridgehead atoms. The first-order valence-electron chi connectivity index (χ1n) is 8.81. The molecule has 26 heavy (non-hydrogen) atoms. The van der Waals surface area contributed by atoms with Gasteiger partial charge in [0.15, 0.2) is 9.84 Å². The van der Waals surface area contributed by atoms with Crippen molar-refractivity contribution < 1.29 is 22.7 Å². The van der Waals surface area contributed by atoms with Crippen LogP contribution in [0.2, 0.25) is 0 Å². The molecule has 0 N–H and O–H groups in total. The third-order valence-electron chi connectivity index (χ3n) is 5.04. The van der Waals surface area contributed by atoms with E-state index in [2.05, 4.69) is 0 Å². The van der Waals surface area contributed by atoms with Gasteiger partial charge in [-0.25, -0.2) is 8.42 Å². The van der Waals surface area contributed by atoms with E-state index in [1.807, 2.05) is 19.1 Å². The molecule has 2 aliphatic rings. The Kier molecular flexibility index (Phi) is 5.22. The second kappa shape index (κ2) is 7.26. The molecule has 0 aromatic heterocycles. The fourth-order valence-corrected chi connectivity index (χ4v) is 5.33. The molecule has 1 aromatic rings. The molecule has 0 saturated carbocycles. The van der Waals surface area contributed by atoms with Gasteiger partial charge in [0.1, 0.15) is 5.75 Å². The number of hydrogen-bond acceptors (Lipinski definition) is 5. The third-order valence-corrected chi connectivity index (χ3v) is 6.79. The molecule has 7 nitrogen and oxygen atoms in total. The number of hydrogen-bond donors (Lipinski definition) is 0. The molecule has 2 saturated heterocycles. The zero-order valence-electron chi connectivity index (χ0n) is 15.1. The van der Waals surface area contributed by atoms with Gasteiger partial charge in [-0.05, 0) is 37.6 Å². The minimum atomic E-state index is -3.05. The maximum absolute atomic E-state index is 12.7. The predicted octanol–water partition coefficient (Wildman–Crippen LogP) is 1.08. The normalized spacial score (nSPS) is 24.7. The van der Waals surface area contributed by atoms with Crippen LogP contribution in [-0.2, 0) is 19.4 Å². The number of ether oxygens (including phenoxy) is 1. The Bertz CT molecular complexity index is 790. The zero-order valence-corrected chi connectivity index (χ0v) is 15.9. The zero-order chi connectivity index (χ0) is 18.9. The number of carbonyl (C=O) groups is 2. The van der Waals surface area contributed by atoms with Crippen LogP contribution >= 0.6 is 0 Å². The maximum atomic E-state index is 12.7. The van der Waals surface area contributed by atoms with Crippen LogP contribution in [-0.4, -0.2) is 62.9 Å². The van der Waals surface area contributed by atoms with Gasteiger partial charge in [-0.1, -0.05) is 0 Å². The van der Waals surface area contributed by atoms with E-state index in [4.69, 9.17) is 4.74 Å². The molecule has 2 unspecified atom stereocenters. The van der Waals surface area contributed by atoms with Crippen LogP contribution < -0.4 is 9.64 Å². The summed E-state index contributed by atoms with van der Waals surface area (Å²) in [6.45, 7) is 2.79. The summed E-state index contributed by atoms with van der Waals surface area (Å²) < 4.78 is 28.7. The summed E-state index contributed by atoms with van der Waals surface area (Å²) in [6, 6.07) is 6.93. The van der Waals surface area contributed by atoms with Crippen molar-refractivity contribution in [3.63, 3.8) is 0 Å². The summed E-state index contributed by atoms with van der Waals surface area (Å²) in [6.07, 6.45) is 0.615. The lowest BCUT2D eigenvalue weighted by molar-refractivity contribution is -0.136. The van der Waals surface area contributed by atoms with Crippen LogP contribution in [0, 0.1) is 5.92 Å². The van der Waals surface area contributed by atoms with Crippen molar-refractivity contribution in [1.29, 1.82) is 0 Å². The summed E-state index contributed by atoms with van der Waals surface area (Å²) >= 11 is 0.